The monoisotopic (exact) mass is 228 g/mol. The molecule has 2 N–H and O–H groups in total. The average Bonchev–Trinajstić information content (AvgIpc) is 2.17. The van der Waals surface area contributed by atoms with E-state index in [1.165, 1.54) is 0 Å². The van der Waals surface area contributed by atoms with Gasteiger partial charge in [-0.3, -0.25) is 4.98 Å². The third-order valence-corrected chi connectivity index (χ3v) is 3.84. The molecule has 5 heteroatoms. The minimum atomic E-state index is -3.10. The highest BCUT2D eigenvalue weighted by Crippen LogP contribution is 2.06. The standard InChI is InChI=1S/C10H16N2O2S/c1-2-10(11)8-15(13,14)7-9-3-5-12-6-4-9/h3-6,10H,2,7-8,11H2,1H3. The number of hydrogen-bond acceptors (Lipinski definition) is 4. The number of pyridine rings is 1. The van der Waals surface area contributed by atoms with Gasteiger partial charge >= 0.3 is 0 Å². The number of nitrogens with zero attached hydrogens (tertiary/aromatic N) is 1. The van der Waals surface area contributed by atoms with Crippen LogP contribution in [0.3, 0.4) is 0 Å². The first kappa shape index (κ1) is 12.1. The van der Waals surface area contributed by atoms with Gasteiger partial charge in [0.1, 0.15) is 0 Å². The van der Waals surface area contributed by atoms with Crippen LogP contribution in [0.15, 0.2) is 24.5 Å². The van der Waals surface area contributed by atoms with Gasteiger partial charge in [0.15, 0.2) is 9.84 Å². The van der Waals surface area contributed by atoms with Crippen molar-refractivity contribution in [2.24, 2.45) is 5.73 Å². The van der Waals surface area contributed by atoms with E-state index in [4.69, 9.17) is 5.73 Å². The molecule has 1 unspecified atom stereocenters. The van der Waals surface area contributed by atoms with Crippen LogP contribution in [0.5, 0.6) is 0 Å². The molecule has 0 saturated carbocycles. The van der Waals surface area contributed by atoms with Gasteiger partial charge in [-0.2, -0.15) is 0 Å². The fraction of sp³-hybridized carbons (Fsp3) is 0.500. The molecule has 1 atom stereocenters. The number of aromatic nitrogens is 1. The van der Waals surface area contributed by atoms with Gasteiger partial charge in [0, 0.05) is 18.4 Å². The Morgan fingerprint density at radius 3 is 2.53 bits per heavy atom. The van der Waals surface area contributed by atoms with Crippen LogP contribution in [0.2, 0.25) is 0 Å². The predicted octanol–water partition coefficient (Wildman–Crippen LogP) is 0.734. The van der Waals surface area contributed by atoms with E-state index >= 15 is 0 Å². The predicted molar refractivity (Wildman–Crippen MR) is 60.0 cm³/mol. The molecule has 4 nitrogen and oxygen atoms in total. The maximum absolute atomic E-state index is 11.7. The van der Waals surface area contributed by atoms with Crippen LogP contribution >= 0.6 is 0 Å². The van der Waals surface area contributed by atoms with E-state index in [1.807, 2.05) is 6.92 Å². The van der Waals surface area contributed by atoms with Crippen molar-refractivity contribution >= 4 is 9.84 Å². The van der Waals surface area contributed by atoms with E-state index in [0.29, 0.717) is 6.42 Å². The lowest BCUT2D eigenvalue weighted by Gasteiger charge is -2.09. The van der Waals surface area contributed by atoms with E-state index in [2.05, 4.69) is 4.98 Å². The van der Waals surface area contributed by atoms with Crippen LogP contribution in [0.1, 0.15) is 18.9 Å². The van der Waals surface area contributed by atoms with E-state index < -0.39 is 9.84 Å². The van der Waals surface area contributed by atoms with Crippen molar-refractivity contribution in [1.82, 2.24) is 4.98 Å². The molecule has 0 fully saturated rings. The molecule has 0 amide bonds. The number of rotatable bonds is 5. The van der Waals surface area contributed by atoms with Crippen LogP contribution in [0.4, 0.5) is 0 Å². The SMILES string of the molecule is CCC(N)CS(=O)(=O)Cc1ccncc1. The first-order chi connectivity index (χ1) is 7.03. The van der Waals surface area contributed by atoms with Crippen molar-refractivity contribution in [2.45, 2.75) is 25.1 Å². The summed E-state index contributed by atoms with van der Waals surface area (Å²) >= 11 is 0. The summed E-state index contributed by atoms with van der Waals surface area (Å²) in [6.45, 7) is 1.88. The molecule has 0 saturated heterocycles. The van der Waals surface area contributed by atoms with Crippen LogP contribution in [-0.2, 0) is 15.6 Å². The molecule has 84 valence electrons. The molecule has 1 aromatic heterocycles. The summed E-state index contributed by atoms with van der Waals surface area (Å²) in [4.78, 5) is 3.83. The molecule has 0 radical (unpaired) electrons. The summed E-state index contributed by atoms with van der Waals surface area (Å²) in [6, 6.07) is 3.14. The number of nitrogens with two attached hydrogens (primary N) is 1. The Balaban J connectivity index is 2.65. The first-order valence-corrected chi connectivity index (χ1v) is 6.70. The molecule has 1 rings (SSSR count). The molecule has 1 aromatic rings. The second-order valence-electron chi connectivity index (χ2n) is 3.58. The lowest BCUT2D eigenvalue weighted by atomic mass is 10.3. The van der Waals surface area contributed by atoms with Gasteiger partial charge in [0.05, 0.1) is 11.5 Å². The van der Waals surface area contributed by atoms with Crippen molar-refractivity contribution in [3.8, 4) is 0 Å². The zero-order chi connectivity index (χ0) is 11.3. The van der Waals surface area contributed by atoms with E-state index in [1.54, 1.807) is 24.5 Å². The molecule has 15 heavy (non-hydrogen) atoms. The van der Waals surface area contributed by atoms with Crippen molar-refractivity contribution in [3.05, 3.63) is 30.1 Å². The lowest BCUT2D eigenvalue weighted by Crippen LogP contribution is -2.29. The van der Waals surface area contributed by atoms with Crippen molar-refractivity contribution in [2.75, 3.05) is 5.75 Å². The Hall–Kier alpha value is -0.940. The van der Waals surface area contributed by atoms with E-state index in [0.717, 1.165) is 5.56 Å². The number of sulfone groups is 1. The van der Waals surface area contributed by atoms with Gasteiger partial charge in [-0.05, 0) is 24.1 Å². The third-order valence-electron chi connectivity index (χ3n) is 2.13. The first-order valence-electron chi connectivity index (χ1n) is 4.88. The third kappa shape index (κ3) is 4.40. The maximum atomic E-state index is 11.7. The Morgan fingerprint density at radius 2 is 2.00 bits per heavy atom. The molecule has 0 aliphatic rings. The van der Waals surface area contributed by atoms with Crippen molar-refractivity contribution < 1.29 is 8.42 Å². The van der Waals surface area contributed by atoms with Gasteiger partial charge in [-0.1, -0.05) is 6.92 Å². The molecule has 0 aromatic carbocycles. The Kier molecular flexibility index (Phi) is 4.23. The highest BCUT2D eigenvalue weighted by Gasteiger charge is 2.15. The second kappa shape index (κ2) is 5.23. The Labute approximate surface area is 90.4 Å². The molecule has 0 aliphatic carbocycles. The molecule has 0 bridgehead atoms. The van der Waals surface area contributed by atoms with Crippen LogP contribution in [0, 0.1) is 0 Å². The molecular formula is C10H16N2O2S. The van der Waals surface area contributed by atoms with Gasteiger partial charge < -0.3 is 5.73 Å². The minimum absolute atomic E-state index is 0.0449. The highest BCUT2D eigenvalue weighted by atomic mass is 32.2. The molecule has 0 aliphatic heterocycles. The van der Waals surface area contributed by atoms with Gasteiger partial charge in [-0.15, -0.1) is 0 Å². The zero-order valence-corrected chi connectivity index (χ0v) is 9.57. The fourth-order valence-electron chi connectivity index (χ4n) is 1.24. The van der Waals surface area contributed by atoms with Gasteiger partial charge in [-0.25, -0.2) is 8.42 Å². The van der Waals surface area contributed by atoms with Crippen molar-refractivity contribution in [3.63, 3.8) is 0 Å². The summed E-state index contributed by atoms with van der Waals surface area (Å²) in [6.07, 6.45) is 3.85. The summed E-state index contributed by atoms with van der Waals surface area (Å²) < 4.78 is 23.3. The summed E-state index contributed by atoms with van der Waals surface area (Å²) in [5.74, 6) is 0.0923. The quantitative estimate of drug-likeness (QED) is 0.806. The van der Waals surface area contributed by atoms with Crippen molar-refractivity contribution in [1.29, 1.82) is 0 Å². The number of hydrogen-bond donors (Lipinski definition) is 1. The minimum Gasteiger partial charge on any atom is -0.327 e. The van der Waals surface area contributed by atoms with Gasteiger partial charge in [0.2, 0.25) is 0 Å². The molecule has 0 spiro atoms. The van der Waals surface area contributed by atoms with Crippen LogP contribution in [-0.4, -0.2) is 25.2 Å². The lowest BCUT2D eigenvalue weighted by molar-refractivity contribution is 0.583. The maximum Gasteiger partial charge on any atom is 0.155 e. The summed E-state index contributed by atoms with van der Waals surface area (Å²) in [7, 11) is -3.10. The Bertz CT molecular complexity index is 389. The topological polar surface area (TPSA) is 73.1 Å². The molecular weight excluding hydrogens is 212 g/mol. The average molecular weight is 228 g/mol. The Morgan fingerprint density at radius 1 is 1.40 bits per heavy atom. The fourth-order valence-corrected chi connectivity index (χ4v) is 2.94. The smallest absolute Gasteiger partial charge is 0.155 e. The summed E-state index contributed by atoms with van der Waals surface area (Å²) in [5.41, 5.74) is 6.38. The van der Waals surface area contributed by atoms with Crippen LogP contribution in [0.25, 0.3) is 0 Å². The van der Waals surface area contributed by atoms with E-state index in [-0.39, 0.29) is 17.5 Å². The normalized spacial score (nSPS) is 13.7. The second-order valence-corrected chi connectivity index (χ2v) is 5.69. The van der Waals surface area contributed by atoms with Crippen LogP contribution < -0.4 is 5.73 Å². The van der Waals surface area contributed by atoms with E-state index in [9.17, 15) is 8.42 Å². The molecule has 1 heterocycles. The highest BCUT2D eigenvalue weighted by molar-refractivity contribution is 7.90. The van der Waals surface area contributed by atoms with Gasteiger partial charge in [0.25, 0.3) is 0 Å². The largest absolute Gasteiger partial charge is 0.327 e. The summed E-state index contributed by atoms with van der Waals surface area (Å²) in [5, 5.41) is 0. The zero-order valence-electron chi connectivity index (χ0n) is 8.76.